The lowest BCUT2D eigenvalue weighted by Crippen LogP contribution is -2.30. The van der Waals surface area contributed by atoms with E-state index in [1.807, 2.05) is 18.5 Å². The van der Waals surface area contributed by atoms with Gasteiger partial charge in [0.25, 0.3) is 0 Å². The van der Waals surface area contributed by atoms with Crippen molar-refractivity contribution in [3.8, 4) is 0 Å². The van der Waals surface area contributed by atoms with E-state index < -0.39 is 0 Å². The number of nitrogens with zero attached hydrogens (tertiary/aromatic N) is 4. The summed E-state index contributed by atoms with van der Waals surface area (Å²) in [5.41, 5.74) is 2.21. The standard InChI is InChI=1S/C13H18N4/c1-16-7-4-10(5-8-16)13-15-11-9-14-6-3-12(11)17(13)2/h3,6,9-10H,4-5,7-8H2,1-2H3. The predicted octanol–water partition coefficient (Wildman–Crippen LogP) is 1.78. The first-order valence-corrected chi connectivity index (χ1v) is 6.20. The molecule has 1 fully saturated rings. The maximum atomic E-state index is 4.74. The lowest BCUT2D eigenvalue weighted by Gasteiger charge is -2.28. The second-order valence-electron chi connectivity index (χ2n) is 4.97. The minimum absolute atomic E-state index is 0.601. The Morgan fingerprint density at radius 3 is 2.71 bits per heavy atom. The Balaban J connectivity index is 1.97. The summed E-state index contributed by atoms with van der Waals surface area (Å²) in [6.07, 6.45) is 6.11. The number of likely N-dealkylation sites (tertiary alicyclic amines) is 1. The third-order valence-electron chi connectivity index (χ3n) is 3.80. The molecule has 1 aliphatic heterocycles. The number of imidazole rings is 1. The number of hydrogen-bond acceptors (Lipinski definition) is 3. The van der Waals surface area contributed by atoms with Crippen LogP contribution in [0, 0.1) is 0 Å². The highest BCUT2D eigenvalue weighted by Crippen LogP contribution is 2.28. The number of aromatic nitrogens is 3. The van der Waals surface area contributed by atoms with E-state index in [-0.39, 0.29) is 0 Å². The molecule has 0 amide bonds. The Labute approximate surface area is 101 Å². The van der Waals surface area contributed by atoms with E-state index in [0.29, 0.717) is 5.92 Å². The van der Waals surface area contributed by atoms with Gasteiger partial charge in [-0.3, -0.25) is 4.98 Å². The second-order valence-corrected chi connectivity index (χ2v) is 4.97. The molecule has 2 aromatic heterocycles. The molecule has 0 bridgehead atoms. The van der Waals surface area contributed by atoms with E-state index in [0.717, 1.165) is 5.52 Å². The van der Waals surface area contributed by atoms with Crippen molar-refractivity contribution in [1.82, 2.24) is 19.4 Å². The minimum Gasteiger partial charge on any atom is -0.331 e. The maximum absolute atomic E-state index is 4.74. The molecule has 4 heteroatoms. The second kappa shape index (κ2) is 4.11. The first-order chi connectivity index (χ1) is 8.25. The molecule has 90 valence electrons. The van der Waals surface area contributed by atoms with E-state index >= 15 is 0 Å². The SMILES string of the molecule is CN1CCC(c2nc3cnccc3n2C)CC1. The summed E-state index contributed by atoms with van der Waals surface area (Å²) in [6.45, 7) is 2.35. The predicted molar refractivity (Wildman–Crippen MR) is 68.0 cm³/mol. The fourth-order valence-electron chi connectivity index (χ4n) is 2.70. The van der Waals surface area contributed by atoms with Gasteiger partial charge in [0.1, 0.15) is 11.3 Å². The molecule has 3 rings (SSSR count). The molecular formula is C13H18N4. The van der Waals surface area contributed by atoms with Crippen molar-refractivity contribution in [2.75, 3.05) is 20.1 Å². The molecular weight excluding hydrogens is 212 g/mol. The molecule has 4 nitrogen and oxygen atoms in total. The molecule has 17 heavy (non-hydrogen) atoms. The normalized spacial score (nSPS) is 18.9. The van der Waals surface area contributed by atoms with Crippen LogP contribution in [0.3, 0.4) is 0 Å². The Kier molecular flexibility index (Phi) is 2.59. The first-order valence-electron chi connectivity index (χ1n) is 6.20. The summed E-state index contributed by atoms with van der Waals surface area (Å²) >= 11 is 0. The van der Waals surface area contributed by atoms with Gasteiger partial charge in [0, 0.05) is 19.2 Å². The van der Waals surface area contributed by atoms with Gasteiger partial charge < -0.3 is 9.47 Å². The monoisotopic (exact) mass is 230 g/mol. The van der Waals surface area contributed by atoms with Gasteiger partial charge in [-0.1, -0.05) is 0 Å². The Morgan fingerprint density at radius 1 is 1.24 bits per heavy atom. The third kappa shape index (κ3) is 1.82. The zero-order valence-electron chi connectivity index (χ0n) is 10.4. The van der Waals surface area contributed by atoms with E-state index in [1.165, 1.54) is 37.3 Å². The van der Waals surface area contributed by atoms with Crippen LogP contribution in [0.4, 0.5) is 0 Å². The molecule has 1 aliphatic rings. The molecule has 0 radical (unpaired) electrons. The summed E-state index contributed by atoms with van der Waals surface area (Å²) in [5.74, 6) is 1.82. The van der Waals surface area contributed by atoms with E-state index in [1.54, 1.807) is 0 Å². The molecule has 1 saturated heterocycles. The largest absolute Gasteiger partial charge is 0.331 e. The van der Waals surface area contributed by atoms with Gasteiger partial charge in [0.15, 0.2) is 0 Å². The van der Waals surface area contributed by atoms with Gasteiger partial charge in [-0.2, -0.15) is 0 Å². The number of pyridine rings is 1. The van der Waals surface area contributed by atoms with Gasteiger partial charge in [-0.15, -0.1) is 0 Å². The molecule has 3 heterocycles. The summed E-state index contributed by atoms with van der Waals surface area (Å²) in [6, 6.07) is 2.04. The molecule has 0 spiro atoms. The van der Waals surface area contributed by atoms with Crippen LogP contribution < -0.4 is 0 Å². The van der Waals surface area contributed by atoms with E-state index in [9.17, 15) is 0 Å². The topological polar surface area (TPSA) is 34.0 Å². The van der Waals surface area contributed by atoms with E-state index in [4.69, 9.17) is 4.98 Å². The van der Waals surface area contributed by atoms with Crippen molar-refractivity contribution in [3.63, 3.8) is 0 Å². The lowest BCUT2D eigenvalue weighted by molar-refractivity contribution is 0.250. The van der Waals surface area contributed by atoms with Crippen molar-refractivity contribution in [2.45, 2.75) is 18.8 Å². The van der Waals surface area contributed by atoms with Crippen LogP contribution in [0.15, 0.2) is 18.5 Å². The fourth-order valence-corrected chi connectivity index (χ4v) is 2.70. The average molecular weight is 230 g/mol. The Hall–Kier alpha value is -1.42. The number of aryl methyl sites for hydroxylation is 1. The van der Waals surface area contributed by atoms with Crippen molar-refractivity contribution < 1.29 is 0 Å². The Morgan fingerprint density at radius 2 is 2.00 bits per heavy atom. The zero-order chi connectivity index (χ0) is 11.8. The van der Waals surface area contributed by atoms with Crippen LogP contribution in [0.25, 0.3) is 11.0 Å². The lowest BCUT2D eigenvalue weighted by atomic mass is 9.96. The fraction of sp³-hybridized carbons (Fsp3) is 0.538. The van der Waals surface area contributed by atoms with E-state index in [2.05, 4.69) is 28.5 Å². The summed E-state index contributed by atoms with van der Waals surface area (Å²) in [7, 11) is 4.30. The molecule has 0 saturated carbocycles. The maximum Gasteiger partial charge on any atom is 0.112 e. The van der Waals surface area contributed by atoms with Gasteiger partial charge in [0.2, 0.25) is 0 Å². The van der Waals surface area contributed by atoms with Crippen LogP contribution in [-0.4, -0.2) is 39.6 Å². The number of piperidine rings is 1. The highest BCUT2D eigenvalue weighted by Gasteiger charge is 2.22. The van der Waals surface area contributed by atoms with Crippen LogP contribution >= 0.6 is 0 Å². The third-order valence-corrected chi connectivity index (χ3v) is 3.80. The molecule has 0 aromatic carbocycles. The van der Waals surface area contributed by atoms with Gasteiger partial charge in [0.05, 0.1) is 11.7 Å². The van der Waals surface area contributed by atoms with Gasteiger partial charge in [-0.25, -0.2) is 4.98 Å². The number of fused-ring (bicyclic) bond motifs is 1. The Bertz CT molecular complexity index is 523. The van der Waals surface area contributed by atoms with Crippen LogP contribution in [0.2, 0.25) is 0 Å². The first kappa shape index (κ1) is 10.7. The van der Waals surface area contributed by atoms with Gasteiger partial charge in [-0.05, 0) is 39.0 Å². The van der Waals surface area contributed by atoms with Crippen molar-refractivity contribution in [2.24, 2.45) is 7.05 Å². The van der Waals surface area contributed by atoms with Crippen molar-refractivity contribution >= 4 is 11.0 Å². The molecule has 0 unspecified atom stereocenters. The smallest absolute Gasteiger partial charge is 0.112 e. The zero-order valence-corrected chi connectivity index (χ0v) is 10.4. The number of rotatable bonds is 1. The molecule has 0 N–H and O–H groups in total. The van der Waals surface area contributed by atoms with Crippen LogP contribution in [-0.2, 0) is 7.05 Å². The molecule has 2 aromatic rings. The summed E-state index contributed by atoms with van der Waals surface area (Å²) < 4.78 is 2.23. The summed E-state index contributed by atoms with van der Waals surface area (Å²) in [4.78, 5) is 11.3. The minimum atomic E-state index is 0.601. The van der Waals surface area contributed by atoms with Gasteiger partial charge >= 0.3 is 0 Å². The van der Waals surface area contributed by atoms with Crippen LogP contribution in [0.5, 0.6) is 0 Å². The highest BCUT2D eigenvalue weighted by atomic mass is 15.1. The summed E-state index contributed by atoms with van der Waals surface area (Å²) in [5, 5.41) is 0. The van der Waals surface area contributed by atoms with Crippen molar-refractivity contribution in [1.29, 1.82) is 0 Å². The highest BCUT2D eigenvalue weighted by molar-refractivity contribution is 5.74. The molecule has 0 atom stereocenters. The molecule has 0 aliphatic carbocycles. The number of hydrogen-bond donors (Lipinski definition) is 0. The average Bonchev–Trinajstić information content (AvgIpc) is 2.69. The van der Waals surface area contributed by atoms with Crippen molar-refractivity contribution in [3.05, 3.63) is 24.3 Å². The van der Waals surface area contributed by atoms with Crippen LogP contribution in [0.1, 0.15) is 24.6 Å². The quantitative estimate of drug-likeness (QED) is 0.749.